The molecule has 0 atom stereocenters. The van der Waals surface area contributed by atoms with Gasteiger partial charge in [-0.2, -0.15) is 0 Å². The maximum atomic E-state index is 13.4. The molecular formula is C14H21FN2O3S. The number of amides is 1. The van der Waals surface area contributed by atoms with Crippen LogP contribution in [0, 0.1) is 11.7 Å². The molecule has 1 N–H and O–H groups in total. The van der Waals surface area contributed by atoms with Gasteiger partial charge in [-0.15, -0.1) is 0 Å². The summed E-state index contributed by atoms with van der Waals surface area (Å²) in [6.07, 6.45) is 1.13. The molecule has 0 spiro atoms. The lowest BCUT2D eigenvalue weighted by molar-refractivity contribution is 0.0947. The fourth-order valence-corrected chi connectivity index (χ4v) is 2.83. The second-order valence-electron chi connectivity index (χ2n) is 5.25. The third-order valence-corrected chi connectivity index (χ3v) is 4.07. The number of carbonyl (C=O) groups is 1. The molecule has 0 saturated carbocycles. The largest absolute Gasteiger partial charge is 0.351 e. The molecule has 1 rings (SSSR count). The molecule has 7 heteroatoms. The quantitative estimate of drug-likeness (QED) is 0.828. The molecule has 0 bridgehead atoms. The van der Waals surface area contributed by atoms with E-state index < -0.39 is 21.7 Å². The van der Waals surface area contributed by atoms with E-state index in [1.165, 1.54) is 22.5 Å². The summed E-state index contributed by atoms with van der Waals surface area (Å²) in [7, 11) is -3.32. The highest BCUT2D eigenvalue weighted by Gasteiger charge is 2.18. The summed E-state index contributed by atoms with van der Waals surface area (Å²) in [6.45, 7) is 4.50. The molecule has 1 amide bonds. The van der Waals surface area contributed by atoms with Gasteiger partial charge in [0.25, 0.3) is 5.91 Å². The molecule has 0 unspecified atom stereocenters. The lowest BCUT2D eigenvalue weighted by Crippen LogP contribution is -2.40. The first-order chi connectivity index (χ1) is 9.71. The number of rotatable bonds is 7. The molecule has 0 aliphatic rings. The number of hydrogen-bond donors (Lipinski definition) is 1. The van der Waals surface area contributed by atoms with Crippen molar-refractivity contribution in [3.8, 4) is 0 Å². The number of benzene rings is 1. The van der Waals surface area contributed by atoms with Crippen molar-refractivity contribution < 1.29 is 17.6 Å². The number of nitrogens with zero attached hydrogens (tertiary/aromatic N) is 1. The minimum atomic E-state index is -3.32. The van der Waals surface area contributed by atoms with Gasteiger partial charge in [0, 0.05) is 19.6 Å². The van der Waals surface area contributed by atoms with Gasteiger partial charge in [-0.3, -0.25) is 4.79 Å². The van der Waals surface area contributed by atoms with Crippen LogP contribution in [0.15, 0.2) is 24.3 Å². The first-order valence-electron chi connectivity index (χ1n) is 6.69. The molecule has 5 nitrogen and oxygen atoms in total. The maximum Gasteiger partial charge on any atom is 0.254 e. The number of carbonyl (C=O) groups excluding carboxylic acids is 1. The second kappa shape index (κ2) is 7.51. The standard InChI is InChI=1S/C14H21FN2O3S/c1-11(2)10-17(21(3,19)20)9-8-16-14(18)12-6-4-5-7-13(12)15/h4-7,11H,8-10H2,1-3H3,(H,16,18). The van der Waals surface area contributed by atoms with Crippen LogP contribution in [0.2, 0.25) is 0 Å². The number of hydrogen-bond acceptors (Lipinski definition) is 3. The van der Waals surface area contributed by atoms with E-state index in [1.54, 1.807) is 6.07 Å². The minimum absolute atomic E-state index is 0.0488. The third kappa shape index (κ3) is 5.81. The van der Waals surface area contributed by atoms with Crippen LogP contribution < -0.4 is 5.32 Å². The Balaban J connectivity index is 2.59. The van der Waals surface area contributed by atoms with Crippen LogP contribution in [0.1, 0.15) is 24.2 Å². The maximum absolute atomic E-state index is 13.4. The van der Waals surface area contributed by atoms with E-state index in [-0.39, 0.29) is 24.6 Å². The van der Waals surface area contributed by atoms with Gasteiger partial charge in [0.05, 0.1) is 11.8 Å². The van der Waals surface area contributed by atoms with Crippen LogP contribution in [-0.4, -0.2) is 44.5 Å². The van der Waals surface area contributed by atoms with E-state index in [0.29, 0.717) is 6.54 Å². The average molecular weight is 316 g/mol. The normalized spacial score (nSPS) is 11.9. The molecule has 0 aliphatic carbocycles. The van der Waals surface area contributed by atoms with Crippen molar-refractivity contribution in [2.75, 3.05) is 25.9 Å². The van der Waals surface area contributed by atoms with E-state index in [9.17, 15) is 17.6 Å². The van der Waals surface area contributed by atoms with Crippen molar-refractivity contribution in [2.45, 2.75) is 13.8 Å². The molecule has 0 fully saturated rings. The van der Waals surface area contributed by atoms with E-state index in [4.69, 9.17) is 0 Å². The second-order valence-corrected chi connectivity index (χ2v) is 7.23. The molecular weight excluding hydrogens is 295 g/mol. The first-order valence-corrected chi connectivity index (χ1v) is 8.54. The summed E-state index contributed by atoms with van der Waals surface area (Å²) in [5.74, 6) is -0.967. The zero-order valence-corrected chi connectivity index (χ0v) is 13.3. The molecule has 118 valence electrons. The Morgan fingerprint density at radius 3 is 2.48 bits per heavy atom. The lowest BCUT2D eigenvalue weighted by atomic mass is 10.2. The number of sulfonamides is 1. The van der Waals surface area contributed by atoms with Gasteiger partial charge in [0.1, 0.15) is 5.82 Å². The van der Waals surface area contributed by atoms with Crippen molar-refractivity contribution >= 4 is 15.9 Å². The van der Waals surface area contributed by atoms with Crippen molar-refractivity contribution in [1.29, 1.82) is 0 Å². The summed E-state index contributed by atoms with van der Waals surface area (Å²) in [5.41, 5.74) is -0.0488. The summed E-state index contributed by atoms with van der Waals surface area (Å²) in [6, 6.07) is 5.66. The van der Waals surface area contributed by atoms with Crippen LogP contribution in [0.25, 0.3) is 0 Å². The van der Waals surface area contributed by atoms with E-state index in [1.807, 2.05) is 13.8 Å². The Hall–Kier alpha value is -1.47. The third-order valence-electron chi connectivity index (χ3n) is 2.80. The van der Waals surface area contributed by atoms with Gasteiger partial charge in [-0.05, 0) is 18.1 Å². The zero-order valence-electron chi connectivity index (χ0n) is 12.5. The van der Waals surface area contributed by atoms with E-state index >= 15 is 0 Å². The van der Waals surface area contributed by atoms with Gasteiger partial charge in [-0.1, -0.05) is 26.0 Å². The number of halogens is 1. The molecule has 1 aromatic carbocycles. The van der Waals surface area contributed by atoms with Gasteiger partial charge in [0.2, 0.25) is 10.0 Å². The highest BCUT2D eigenvalue weighted by atomic mass is 32.2. The predicted octanol–water partition coefficient (Wildman–Crippen LogP) is 1.47. The Kier molecular flexibility index (Phi) is 6.29. The Labute approximate surface area is 125 Å². The fraction of sp³-hybridized carbons (Fsp3) is 0.500. The average Bonchev–Trinajstić information content (AvgIpc) is 2.36. The summed E-state index contributed by atoms with van der Waals surface area (Å²) in [5, 5.41) is 2.53. The highest BCUT2D eigenvalue weighted by Crippen LogP contribution is 2.06. The molecule has 0 aromatic heterocycles. The van der Waals surface area contributed by atoms with Crippen LogP contribution in [0.5, 0.6) is 0 Å². The monoisotopic (exact) mass is 316 g/mol. The lowest BCUT2D eigenvalue weighted by Gasteiger charge is -2.22. The van der Waals surface area contributed by atoms with Gasteiger partial charge < -0.3 is 5.32 Å². The molecule has 1 aromatic rings. The zero-order chi connectivity index (χ0) is 16.0. The van der Waals surface area contributed by atoms with Crippen molar-refractivity contribution in [3.63, 3.8) is 0 Å². The van der Waals surface area contributed by atoms with Crippen LogP contribution in [0.4, 0.5) is 4.39 Å². The summed E-state index contributed by atoms with van der Waals surface area (Å²) < 4.78 is 38.0. The van der Waals surface area contributed by atoms with Crippen molar-refractivity contribution in [2.24, 2.45) is 5.92 Å². The van der Waals surface area contributed by atoms with Crippen LogP contribution in [0.3, 0.4) is 0 Å². The summed E-state index contributed by atoms with van der Waals surface area (Å²) >= 11 is 0. The first kappa shape index (κ1) is 17.6. The molecule has 0 heterocycles. The Morgan fingerprint density at radius 1 is 1.33 bits per heavy atom. The highest BCUT2D eigenvalue weighted by molar-refractivity contribution is 7.88. The van der Waals surface area contributed by atoms with Crippen molar-refractivity contribution in [1.82, 2.24) is 9.62 Å². The van der Waals surface area contributed by atoms with Gasteiger partial charge in [0.15, 0.2) is 0 Å². The Morgan fingerprint density at radius 2 is 1.95 bits per heavy atom. The molecule has 0 radical (unpaired) electrons. The van der Waals surface area contributed by atoms with Crippen LogP contribution >= 0.6 is 0 Å². The molecule has 0 saturated heterocycles. The molecule has 0 aliphatic heterocycles. The topological polar surface area (TPSA) is 66.5 Å². The molecule has 21 heavy (non-hydrogen) atoms. The Bertz CT molecular complexity index is 588. The van der Waals surface area contributed by atoms with E-state index in [0.717, 1.165) is 6.26 Å². The predicted molar refractivity (Wildman–Crippen MR) is 80.0 cm³/mol. The number of nitrogens with one attached hydrogen (secondary N) is 1. The fourth-order valence-electron chi connectivity index (χ4n) is 1.83. The SMILES string of the molecule is CC(C)CN(CCNC(=O)c1ccccc1F)S(C)(=O)=O. The summed E-state index contributed by atoms with van der Waals surface area (Å²) in [4.78, 5) is 11.8. The van der Waals surface area contributed by atoms with Gasteiger partial charge >= 0.3 is 0 Å². The van der Waals surface area contributed by atoms with Crippen molar-refractivity contribution in [3.05, 3.63) is 35.6 Å². The minimum Gasteiger partial charge on any atom is -0.351 e. The van der Waals surface area contributed by atoms with Crippen LogP contribution in [-0.2, 0) is 10.0 Å². The van der Waals surface area contributed by atoms with E-state index in [2.05, 4.69) is 5.32 Å². The smallest absolute Gasteiger partial charge is 0.254 e. The van der Waals surface area contributed by atoms with Gasteiger partial charge in [-0.25, -0.2) is 17.1 Å².